The van der Waals surface area contributed by atoms with Crippen LogP contribution >= 0.6 is 47.8 Å². The molecule has 0 radical (unpaired) electrons. The zero-order valence-corrected chi connectivity index (χ0v) is 25.4. The van der Waals surface area contributed by atoms with Gasteiger partial charge in [-0.3, -0.25) is 4.90 Å². The number of hydrogen-bond donors (Lipinski definition) is 0. The van der Waals surface area contributed by atoms with Gasteiger partial charge in [0.2, 0.25) is 0 Å². The van der Waals surface area contributed by atoms with Crippen molar-refractivity contribution in [3.05, 3.63) is 67.0 Å². The second-order valence-corrected chi connectivity index (χ2v) is 13.2. The Bertz CT molecular complexity index is 1790. The molecule has 1 heterocycles. The molecule has 0 spiro atoms. The number of rotatable bonds is 6. The lowest BCUT2D eigenvalue weighted by molar-refractivity contribution is 0.223. The van der Waals surface area contributed by atoms with Gasteiger partial charge in [-0.15, -0.1) is 0 Å². The van der Waals surface area contributed by atoms with Crippen LogP contribution < -0.4 is 0 Å². The summed E-state index contributed by atoms with van der Waals surface area (Å²) in [5, 5.41) is 13.8. The van der Waals surface area contributed by atoms with Crippen LogP contribution in [0, 0.1) is 5.92 Å². The Morgan fingerprint density at radius 3 is 1.92 bits per heavy atom. The average molecular weight is 666 g/mol. The molecule has 0 amide bonds. The fraction of sp³-hybridized carbons (Fsp3) is 0.312. The monoisotopic (exact) mass is 663 g/mol. The summed E-state index contributed by atoms with van der Waals surface area (Å²) in [5.74, 6) is 0.787. The van der Waals surface area contributed by atoms with Gasteiger partial charge in [-0.1, -0.05) is 111 Å². The van der Waals surface area contributed by atoms with Crippen molar-refractivity contribution in [1.82, 2.24) is 4.90 Å². The largest absolute Gasteiger partial charge is 0.294 e. The molecule has 0 saturated carbocycles. The Hall–Kier alpha value is -1.46. The third kappa shape index (κ3) is 3.27. The molecule has 0 aromatic heterocycles. The maximum absolute atomic E-state index is 3.95. The Kier molecular flexibility index (Phi) is 5.78. The van der Waals surface area contributed by atoms with Gasteiger partial charge in [0.05, 0.1) is 0 Å². The highest BCUT2D eigenvalue weighted by molar-refractivity contribution is 9.11. The van der Waals surface area contributed by atoms with E-state index in [1.807, 2.05) is 0 Å². The van der Waals surface area contributed by atoms with E-state index in [2.05, 4.69) is 109 Å². The molecule has 7 rings (SSSR count). The van der Waals surface area contributed by atoms with Gasteiger partial charge in [0.15, 0.2) is 0 Å². The van der Waals surface area contributed by atoms with Gasteiger partial charge in [0, 0.05) is 43.8 Å². The lowest BCUT2D eigenvalue weighted by Crippen LogP contribution is -2.24. The van der Waals surface area contributed by atoms with Crippen LogP contribution in [0.3, 0.4) is 0 Å². The fourth-order valence-electron chi connectivity index (χ4n) is 6.95. The molecule has 1 aliphatic rings. The van der Waals surface area contributed by atoms with Crippen molar-refractivity contribution < 1.29 is 0 Å². The van der Waals surface area contributed by atoms with E-state index in [1.54, 1.807) is 11.1 Å². The predicted molar refractivity (Wildman–Crippen MR) is 167 cm³/mol. The zero-order valence-electron chi connectivity index (χ0n) is 20.6. The number of fused-ring (bicyclic) bond motifs is 4. The summed E-state index contributed by atoms with van der Waals surface area (Å²) in [7, 11) is 0. The molecular weight excluding hydrogens is 638 g/mol. The van der Waals surface area contributed by atoms with Gasteiger partial charge in [-0.05, 0) is 78.7 Å². The SMILES string of the molecule is CCCCC(CC)CN1Cc2c(c3ccc4c(Br)cc(Br)c5c6ccc(Br)c7ccc2c(c76)c3c45)C1. The maximum atomic E-state index is 3.95. The molecule has 1 unspecified atom stereocenters. The number of benzene rings is 6. The van der Waals surface area contributed by atoms with Crippen LogP contribution in [-0.4, -0.2) is 11.4 Å². The standard InChI is InChI=1S/C32H28Br3N/c1-3-5-6-17(4-2)14-36-15-23-18-7-9-20-25(33)12-11-22-28(20)30(18)31-19(24(23)16-36)8-10-21-26(34)13-27(35)29(22)32(21)31/h7-13,17H,3-6,14-16H2,1-2H3. The summed E-state index contributed by atoms with van der Waals surface area (Å²) in [4.78, 5) is 2.72. The van der Waals surface area contributed by atoms with Crippen molar-refractivity contribution in [2.45, 2.75) is 52.6 Å². The van der Waals surface area contributed by atoms with Crippen LogP contribution in [0.1, 0.15) is 50.7 Å². The van der Waals surface area contributed by atoms with E-state index in [0.717, 1.165) is 28.0 Å². The van der Waals surface area contributed by atoms with E-state index in [4.69, 9.17) is 0 Å². The molecule has 182 valence electrons. The third-order valence-corrected chi connectivity index (χ3v) is 10.7. The number of nitrogens with zero attached hydrogens (tertiary/aromatic N) is 1. The molecule has 0 fully saturated rings. The zero-order chi connectivity index (χ0) is 24.7. The summed E-state index contributed by atoms with van der Waals surface area (Å²) in [6.07, 6.45) is 5.25. The van der Waals surface area contributed by atoms with Crippen LogP contribution in [0.5, 0.6) is 0 Å². The summed E-state index contributed by atoms with van der Waals surface area (Å²) in [5.41, 5.74) is 3.09. The first-order valence-corrected chi connectivity index (χ1v) is 15.6. The van der Waals surface area contributed by atoms with E-state index < -0.39 is 0 Å². The first kappa shape index (κ1) is 23.6. The van der Waals surface area contributed by atoms with Crippen molar-refractivity contribution in [3.8, 4) is 0 Å². The minimum Gasteiger partial charge on any atom is -0.294 e. The van der Waals surface area contributed by atoms with Crippen molar-refractivity contribution in [2.75, 3.05) is 6.54 Å². The van der Waals surface area contributed by atoms with Gasteiger partial charge < -0.3 is 0 Å². The van der Waals surface area contributed by atoms with Crippen molar-refractivity contribution in [3.63, 3.8) is 0 Å². The molecule has 6 aromatic rings. The van der Waals surface area contributed by atoms with Crippen LogP contribution in [0.2, 0.25) is 0 Å². The molecule has 1 atom stereocenters. The Morgan fingerprint density at radius 1 is 0.667 bits per heavy atom. The second-order valence-electron chi connectivity index (χ2n) is 10.7. The molecule has 0 saturated heterocycles. The van der Waals surface area contributed by atoms with Crippen molar-refractivity contribution in [2.24, 2.45) is 5.92 Å². The third-order valence-electron chi connectivity index (χ3n) is 8.69. The molecule has 0 aliphatic carbocycles. The van der Waals surface area contributed by atoms with Crippen molar-refractivity contribution in [1.29, 1.82) is 0 Å². The molecule has 1 aliphatic heterocycles. The molecule has 0 bridgehead atoms. The Balaban J connectivity index is 1.56. The van der Waals surface area contributed by atoms with Crippen LogP contribution in [0.4, 0.5) is 0 Å². The van der Waals surface area contributed by atoms with Gasteiger partial charge in [-0.25, -0.2) is 0 Å². The fourth-order valence-corrected chi connectivity index (χ4v) is 8.92. The molecule has 4 heteroatoms. The van der Waals surface area contributed by atoms with Gasteiger partial charge in [0.25, 0.3) is 0 Å². The van der Waals surface area contributed by atoms with Gasteiger partial charge in [0.1, 0.15) is 0 Å². The lowest BCUT2D eigenvalue weighted by atomic mass is 9.83. The summed E-state index contributed by atoms with van der Waals surface area (Å²) >= 11 is 11.7. The van der Waals surface area contributed by atoms with Crippen LogP contribution in [0.15, 0.2) is 55.9 Å². The average Bonchev–Trinajstić information content (AvgIpc) is 3.31. The lowest BCUT2D eigenvalue weighted by Gasteiger charge is -2.22. The highest BCUT2D eigenvalue weighted by Gasteiger charge is 2.29. The molecular formula is C32H28Br3N. The number of unbranched alkanes of at least 4 members (excludes halogenated alkanes) is 1. The minimum atomic E-state index is 0.787. The highest BCUT2D eigenvalue weighted by Crippen LogP contribution is 2.52. The van der Waals surface area contributed by atoms with E-state index in [9.17, 15) is 0 Å². The molecule has 1 nitrogen and oxygen atoms in total. The van der Waals surface area contributed by atoms with E-state index in [0.29, 0.717) is 0 Å². The molecule has 6 aromatic carbocycles. The Morgan fingerprint density at radius 2 is 1.25 bits per heavy atom. The van der Waals surface area contributed by atoms with Gasteiger partial charge in [-0.2, -0.15) is 0 Å². The minimum absolute atomic E-state index is 0.787. The second kappa shape index (κ2) is 8.80. The first-order valence-electron chi connectivity index (χ1n) is 13.2. The summed E-state index contributed by atoms with van der Waals surface area (Å²) < 4.78 is 3.48. The molecule has 0 N–H and O–H groups in total. The topological polar surface area (TPSA) is 3.24 Å². The molecule has 36 heavy (non-hydrogen) atoms. The smallest absolute Gasteiger partial charge is 0.0271 e. The summed E-state index contributed by atoms with van der Waals surface area (Å²) in [6.45, 7) is 8.00. The van der Waals surface area contributed by atoms with E-state index in [1.165, 1.54) is 90.6 Å². The predicted octanol–water partition coefficient (Wildman–Crippen LogP) is 11.1. The number of halogens is 3. The van der Waals surface area contributed by atoms with Crippen molar-refractivity contribution >= 4 is 102 Å². The van der Waals surface area contributed by atoms with E-state index >= 15 is 0 Å². The van der Waals surface area contributed by atoms with Crippen LogP contribution in [0.25, 0.3) is 53.9 Å². The van der Waals surface area contributed by atoms with Gasteiger partial charge >= 0.3 is 0 Å². The highest BCUT2D eigenvalue weighted by atomic mass is 79.9. The van der Waals surface area contributed by atoms with Crippen LogP contribution in [-0.2, 0) is 13.1 Å². The normalized spacial score (nSPS) is 15.5. The number of hydrogen-bond acceptors (Lipinski definition) is 1. The maximum Gasteiger partial charge on any atom is 0.0271 e. The van der Waals surface area contributed by atoms with E-state index in [-0.39, 0.29) is 0 Å². The Labute approximate surface area is 237 Å². The first-order chi connectivity index (χ1) is 17.5. The summed E-state index contributed by atoms with van der Waals surface area (Å²) in [6, 6.07) is 16.2. The quantitative estimate of drug-likeness (QED) is 0.126.